The SMILES string of the molecule is CC(=O)O.CCC(=O)[O-].CCCC(=O)[O-].COCC[NH2+]CCOC.COCC[NH2+]CCOC.COCC[NH2+]CCOC.COCC[NH2+]CCOC.O=C([O-])CC(=O)[O-]. The van der Waals surface area contributed by atoms with Crippen molar-refractivity contribution in [2.75, 3.05) is 162 Å². The molecule has 0 heterocycles. The van der Waals surface area contributed by atoms with Crippen LogP contribution in [0.2, 0.25) is 0 Å². The van der Waals surface area contributed by atoms with Crippen LogP contribution in [0.1, 0.15) is 46.5 Å². The standard InChI is InChI=1S/4C6H15NO2.C4H8O2.C3H4O4.C3H6O2.C2H4O2/c4*1-8-5-3-7-4-6-9-2;1-2-3-4(5)6;4-2(5)1-3(6)7;1-2-3(4)5;1-2(3)4/h4*7H,3-6H2,1-2H3;2-3H2,1H3,(H,5,6);1H2,(H,4,5)(H,6,7);2H2,1H3,(H,4,5);1H3,(H,3,4). The van der Waals surface area contributed by atoms with Crippen molar-refractivity contribution in [3.8, 4) is 0 Å². The van der Waals surface area contributed by atoms with Gasteiger partial charge in [-0.05, 0) is 12.8 Å². The Hall–Kier alpha value is -3.13. The average molecular weight is 859 g/mol. The van der Waals surface area contributed by atoms with Gasteiger partial charge in [0.1, 0.15) is 0 Å². The largest absolute Gasteiger partial charge is 0.550 e. The van der Waals surface area contributed by atoms with Crippen LogP contribution < -0.4 is 41.7 Å². The van der Waals surface area contributed by atoms with Gasteiger partial charge in [-0.2, -0.15) is 0 Å². The molecule has 9 N–H and O–H groups in total. The van der Waals surface area contributed by atoms with Crippen LogP contribution in [-0.4, -0.2) is 197 Å². The first-order valence-corrected chi connectivity index (χ1v) is 18.7. The molecule has 0 spiro atoms. The summed E-state index contributed by atoms with van der Waals surface area (Å²) in [6.07, 6.45) is -0.0671. The van der Waals surface area contributed by atoms with Crippen LogP contribution in [0.15, 0.2) is 0 Å². The Kier molecular flexibility index (Phi) is 97.8. The van der Waals surface area contributed by atoms with Gasteiger partial charge in [-0.3, -0.25) is 4.79 Å². The van der Waals surface area contributed by atoms with Gasteiger partial charge in [-0.25, -0.2) is 0 Å². The highest BCUT2D eigenvalue weighted by Crippen LogP contribution is 1.79. The van der Waals surface area contributed by atoms with Crippen molar-refractivity contribution in [1.82, 2.24) is 0 Å². The van der Waals surface area contributed by atoms with Gasteiger partial charge in [-0.1, -0.05) is 20.3 Å². The van der Waals surface area contributed by atoms with Crippen molar-refractivity contribution >= 4 is 29.8 Å². The maximum atomic E-state index is 9.49. The minimum absolute atomic E-state index is 0.111. The number of carboxylic acids is 5. The van der Waals surface area contributed by atoms with E-state index in [1.165, 1.54) is 6.92 Å². The number of aliphatic carboxylic acids is 5. The first kappa shape index (κ1) is 72.5. The quantitative estimate of drug-likeness (QED) is 0.0344. The molecule has 0 aromatic rings. The van der Waals surface area contributed by atoms with Crippen LogP contribution in [0.4, 0.5) is 0 Å². The molecule has 22 heteroatoms. The normalized spacial score (nSPS) is 9.09. The van der Waals surface area contributed by atoms with E-state index in [9.17, 15) is 39.6 Å². The molecule has 0 aromatic carbocycles. The maximum Gasteiger partial charge on any atom is 0.300 e. The van der Waals surface area contributed by atoms with Gasteiger partial charge in [0.15, 0.2) is 0 Å². The Morgan fingerprint density at radius 1 is 0.414 bits per heavy atom. The molecule has 0 aromatic heterocycles. The third-order valence-corrected chi connectivity index (χ3v) is 5.24. The van der Waals surface area contributed by atoms with E-state index in [2.05, 4.69) is 21.3 Å². The van der Waals surface area contributed by atoms with Gasteiger partial charge in [0, 0.05) is 94.1 Å². The number of ether oxygens (including phenoxy) is 8. The number of carbonyl (C=O) groups excluding carboxylic acids is 4. The fourth-order valence-electron chi connectivity index (χ4n) is 2.51. The molecule has 0 aliphatic rings. The lowest BCUT2D eigenvalue weighted by Crippen LogP contribution is -2.86. The molecule has 0 aliphatic carbocycles. The maximum absolute atomic E-state index is 9.49. The Morgan fingerprint density at radius 3 is 0.638 bits per heavy atom. The summed E-state index contributed by atoms with van der Waals surface area (Å²) in [5.74, 6) is -6.04. The average Bonchev–Trinajstić information content (AvgIpc) is 3.15. The van der Waals surface area contributed by atoms with Crippen LogP contribution in [0.5, 0.6) is 0 Å². The molecule has 0 bridgehead atoms. The molecule has 0 amide bonds. The van der Waals surface area contributed by atoms with Crippen molar-refractivity contribution in [1.29, 1.82) is 0 Å². The number of hydrogen-bond donors (Lipinski definition) is 5. The van der Waals surface area contributed by atoms with Gasteiger partial charge < -0.3 is 104 Å². The Bertz CT molecular complexity index is 693. The lowest BCUT2D eigenvalue weighted by Gasteiger charge is -1.99. The van der Waals surface area contributed by atoms with Gasteiger partial charge in [0.2, 0.25) is 0 Å². The summed E-state index contributed by atoms with van der Waals surface area (Å²) in [4.78, 5) is 46.3. The molecule has 0 aliphatic heterocycles. The number of rotatable bonds is 29. The van der Waals surface area contributed by atoms with Gasteiger partial charge in [0.05, 0.1) is 105 Å². The molecule has 0 unspecified atom stereocenters. The highest BCUT2D eigenvalue weighted by molar-refractivity contribution is 5.86. The molecular weight excluding hydrogens is 776 g/mol. The lowest BCUT2D eigenvalue weighted by atomic mass is 10.4. The summed E-state index contributed by atoms with van der Waals surface area (Å²) in [5, 5.41) is 53.4. The van der Waals surface area contributed by atoms with Gasteiger partial charge in [0.25, 0.3) is 5.97 Å². The number of carboxylic acid groups (broad SMARTS) is 5. The molecule has 354 valence electrons. The van der Waals surface area contributed by atoms with E-state index in [1.54, 1.807) is 63.8 Å². The Labute approximate surface area is 346 Å². The zero-order valence-electron chi connectivity index (χ0n) is 37.3. The minimum atomic E-state index is -1.63. The van der Waals surface area contributed by atoms with Crippen molar-refractivity contribution in [3.63, 3.8) is 0 Å². The zero-order valence-corrected chi connectivity index (χ0v) is 37.3. The Morgan fingerprint density at radius 2 is 0.586 bits per heavy atom. The topological polar surface area (TPSA) is 338 Å². The van der Waals surface area contributed by atoms with E-state index in [0.717, 1.165) is 112 Å². The number of quaternary nitrogens is 4. The van der Waals surface area contributed by atoms with Crippen LogP contribution in [-0.2, 0) is 61.9 Å². The van der Waals surface area contributed by atoms with Gasteiger partial charge >= 0.3 is 0 Å². The number of methoxy groups -OCH3 is 8. The molecule has 0 radical (unpaired) electrons. The summed E-state index contributed by atoms with van der Waals surface area (Å²) in [6.45, 7) is 19.2. The zero-order chi connectivity index (χ0) is 46.5. The molecule has 0 atom stereocenters. The monoisotopic (exact) mass is 859 g/mol. The fourth-order valence-corrected chi connectivity index (χ4v) is 2.51. The molecule has 0 saturated heterocycles. The first-order chi connectivity index (χ1) is 27.6. The lowest BCUT2D eigenvalue weighted by molar-refractivity contribution is -0.657. The first-order valence-electron chi connectivity index (χ1n) is 18.7. The van der Waals surface area contributed by atoms with Crippen LogP contribution >= 0.6 is 0 Å². The second kappa shape index (κ2) is 78.2. The predicted molar refractivity (Wildman–Crippen MR) is 205 cm³/mol. The van der Waals surface area contributed by atoms with Crippen molar-refractivity contribution in [3.05, 3.63) is 0 Å². The fraction of sp³-hybridized carbons (Fsp3) is 0.861. The van der Waals surface area contributed by atoms with Crippen LogP contribution in [0.25, 0.3) is 0 Å². The molecular formula is C36H82N4O18. The molecule has 0 saturated carbocycles. The third-order valence-electron chi connectivity index (χ3n) is 5.24. The molecule has 22 nitrogen and oxygen atoms in total. The van der Waals surface area contributed by atoms with Crippen molar-refractivity contribution < 1.29 is 109 Å². The predicted octanol–water partition coefficient (Wildman–Crippen LogP) is -8.98. The molecule has 0 fully saturated rings. The number of nitrogens with two attached hydrogens (primary N) is 4. The molecule has 58 heavy (non-hydrogen) atoms. The smallest absolute Gasteiger partial charge is 0.300 e. The summed E-state index contributed by atoms with van der Waals surface area (Å²) in [5.41, 5.74) is 0. The van der Waals surface area contributed by atoms with Crippen molar-refractivity contribution in [2.24, 2.45) is 0 Å². The van der Waals surface area contributed by atoms with E-state index >= 15 is 0 Å². The number of carbonyl (C=O) groups is 5. The second-order valence-corrected chi connectivity index (χ2v) is 10.7. The van der Waals surface area contributed by atoms with Crippen LogP contribution in [0, 0.1) is 0 Å². The van der Waals surface area contributed by atoms with E-state index in [4.69, 9.17) is 47.8 Å². The highest BCUT2D eigenvalue weighted by Gasteiger charge is 1.89. The summed E-state index contributed by atoms with van der Waals surface area (Å²) in [7, 11) is 13.7. The van der Waals surface area contributed by atoms with Gasteiger partial charge in [-0.15, -0.1) is 0 Å². The molecule has 0 rings (SSSR count). The van der Waals surface area contributed by atoms with E-state index in [1.807, 2.05) is 0 Å². The summed E-state index contributed by atoms with van der Waals surface area (Å²) >= 11 is 0. The van der Waals surface area contributed by atoms with E-state index < -0.39 is 36.3 Å². The summed E-state index contributed by atoms with van der Waals surface area (Å²) in [6, 6.07) is 0. The second-order valence-electron chi connectivity index (χ2n) is 10.7. The number of hydrogen-bond acceptors (Lipinski definition) is 17. The Balaban J connectivity index is -0.0000000832. The third kappa shape index (κ3) is 159. The van der Waals surface area contributed by atoms with Crippen molar-refractivity contribution in [2.45, 2.75) is 46.5 Å². The van der Waals surface area contributed by atoms with E-state index in [0.29, 0.717) is 6.42 Å². The van der Waals surface area contributed by atoms with E-state index in [-0.39, 0.29) is 12.8 Å². The minimum Gasteiger partial charge on any atom is -0.550 e. The van der Waals surface area contributed by atoms with Crippen LogP contribution in [0.3, 0.4) is 0 Å². The highest BCUT2D eigenvalue weighted by atomic mass is 16.5. The summed E-state index contributed by atoms with van der Waals surface area (Å²) < 4.78 is 38.8.